The van der Waals surface area contributed by atoms with Crippen LogP contribution in [0.25, 0.3) is 0 Å². The van der Waals surface area contributed by atoms with Gasteiger partial charge in [-0.05, 0) is 43.7 Å². The van der Waals surface area contributed by atoms with E-state index < -0.39 is 15.8 Å². The molecule has 0 unspecified atom stereocenters. The lowest BCUT2D eigenvalue weighted by atomic mass is 9.87. The molecule has 1 aromatic carbocycles. The summed E-state index contributed by atoms with van der Waals surface area (Å²) in [4.78, 5) is 2.39. The highest BCUT2D eigenvalue weighted by Gasteiger charge is 2.55. The van der Waals surface area contributed by atoms with E-state index in [2.05, 4.69) is 4.90 Å². The first-order chi connectivity index (χ1) is 10.4. The zero-order chi connectivity index (χ0) is 16.0. The van der Waals surface area contributed by atoms with Crippen LogP contribution in [0.2, 0.25) is 0 Å². The third kappa shape index (κ3) is 2.56. The lowest BCUT2D eigenvalue weighted by molar-refractivity contribution is 0.0372. The monoisotopic (exact) mass is 328 g/mol. The first kappa shape index (κ1) is 15.9. The topological polar surface area (TPSA) is 49.9 Å². The number of nitrogens with zero attached hydrogens (tertiary/aromatic N) is 2. The van der Waals surface area contributed by atoms with E-state index in [0.717, 1.165) is 13.0 Å². The molecule has 1 spiro atoms. The molecule has 0 aromatic heterocycles. The van der Waals surface area contributed by atoms with Crippen LogP contribution in [0.3, 0.4) is 0 Å². The molecule has 3 rings (SSSR count). The second-order valence-electron chi connectivity index (χ2n) is 6.36. The highest BCUT2D eigenvalue weighted by molar-refractivity contribution is 7.89. The number of likely N-dealkylation sites (N-methyl/N-ethyl adjacent to an activating group) is 1. The second-order valence-corrected chi connectivity index (χ2v) is 8.30. The van der Waals surface area contributed by atoms with Gasteiger partial charge in [-0.3, -0.25) is 4.90 Å². The number of ether oxygens (including phenoxy) is 1. The minimum absolute atomic E-state index is 0.0731. The molecular formula is C15H21FN2O3S. The summed E-state index contributed by atoms with van der Waals surface area (Å²) in [6.45, 7) is 2.61. The lowest BCUT2D eigenvalue weighted by Crippen LogP contribution is -2.67. The summed E-state index contributed by atoms with van der Waals surface area (Å²) in [7, 11) is 0.204. The predicted octanol–water partition coefficient (Wildman–Crippen LogP) is 1.17. The van der Waals surface area contributed by atoms with Crippen molar-refractivity contribution in [3.63, 3.8) is 0 Å². The molecule has 2 fully saturated rings. The van der Waals surface area contributed by atoms with Crippen molar-refractivity contribution in [2.45, 2.75) is 16.9 Å². The minimum atomic E-state index is -3.53. The molecule has 7 heteroatoms. The molecule has 22 heavy (non-hydrogen) atoms. The number of sulfonamides is 1. The number of hydrogen-bond donors (Lipinski definition) is 0. The van der Waals surface area contributed by atoms with E-state index in [9.17, 15) is 12.8 Å². The number of methoxy groups -OCH3 is 1. The molecule has 0 radical (unpaired) electrons. The van der Waals surface area contributed by atoms with Crippen LogP contribution in [-0.2, 0) is 14.8 Å². The van der Waals surface area contributed by atoms with Crippen LogP contribution >= 0.6 is 0 Å². The third-order valence-corrected chi connectivity index (χ3v) is 6.61. The van der Waals surface area contributed by atoms with Gasteiger partial charge in [0.1, 0.15) is 5.82 Å². The Balaban J connectivity index is 1.71. The van der Waals surface area contributed by atoms with Crippen molar-refractivity contribution >= 4 is 10.0 Å². The maximum absolute atomic E-state index is 13.0. The van der Waals surface area contributed by atoms with E-state index in [0.29, 0.717) is 25.6 Å². The fourth-order valence-corrected chi connectivity index (χ4v) is 5.19. The summed E-state index contributed by atoms with van der Waals surface area (Å²) in [5, 5.41) is 0. The molecule has 5 nitrogen and oxygen atoms in total. The van der Waals surface area contributed by atoms with Crippen LogP contribution in [0.15, 0.2) is 29.2 Å². The van der Waals surface area contributed by atoms with Crippen molar-refractivity contribution in [3.05, 3.63) is 30.1 Å². The summed E-state index contributed by atoms with van der Waals surface area (Å²) >= 11 is 0. The van der Waals surface area contributed by atoms with Crippen LogP contribution < -0.4 is 0 Å². The second kappa shape index (κ2) is 5.56. The Bertz CT molecular complexity index is 641. The number of hydrogen-bond acceptors (Lipinski definition) is 4. The van der Waals surface area contributed by atoms with Crippen molar-refractivity contribution in [2.24, 2.45) is 5.92 Å². The Labute approximate surface area is 130 Å². The minimum Gasteiger partial charge on any atom is -0.384 e. The fraction of sp³-hybridized carbons (Fsp3) is 0.600. The highest BCUT2D eigenvalue weighted by Crippen LogP contribution is 2.41. The zero-order valence-corrected chi connectivity index (χ0v) is 13.6. The van der Waals surface area contributed by atoms with E-state index in [4.69, 9.17) is 4.74 Å². The molecular weight excluding hydrogens is 307 g/mol. The average Bonchev–Trinajstić information content (AvgIpc) is 2.75. The van der Waals surface area contributed by atoms with Gasteiger partial charge >= 0.3 is 0 Å². The maximum Gasteiger partial charge on any atom is 0.243 e. The average molecular weight is 328 g/mol. The molecule has 0 aliphatic carbocycles. The number of halogens is 1. The Morgan fingerprint density at radius 3 is 2.55 bits per heavy atom. The third-order valence-electron chi connectivity index (χ3n) is 4.81. The molecule has 0 amide bonds. The predicted molar refractivity (Wildman–Crippen MR) is 80.5 cm³/mol. The Hall–Kier alpha value is -1.02. The highest BCUT2D eigenvalue weighted by atomic mass is 32.2. The van der Waals surface area contributed by atoms with Gasteiger partial charge in [0.2, 0.25) is 10.0 Å². The van der Waals surface area contributed by atoms with E-state index in [1.165, 1.54) is 28.6 Å². The standard InChI is InChI=1S/C15H21FN2O3S/c1-17-8-12(9-21-2)7-15(17)10-18(11-15)22(19,20)14-5-3-13(16)4-6-14/h3-6,12H,7-11H2,1-2H3/t12-/m0/s1. The molecule has 1 aromatic rings. The fourth-order valence-electron chi connectivity index (χ4n) is 3.59. The van der Waals surface area contributed by atoms with Gasteiger partial charge in [0.25, 0.3) is 0 Å². The molecule has 1 atom stereocenters. The smallest absolute Gasteiger partial charge is 0.243 e. The Morgan fingerprint density at radius 2 is 1.95 bits per heavy atom. The first-order valence-electron chi connectivity index (χ1n) is 7.33. The summed E-state index contributed by atoms with van der Waals surface area (Å²) in [6, 6.07) is 5.00. The first-order valence-corrected chi connectivity index (χ1v) is 8.77. The Morgan fingerprint density at radius 1 is 1.32 bits per heavy atom. The van der Waals surface area contributed by atoms with Gasteiger partial charge in [-0.25, -0.2) is 12.8 Å². The van der Waals surface area contributed by atoms with Gasteiger partial charge in [0, 0.05) is 32.3 Å². The zero-order valence-electron chi connectivity index (χ0n) is 12.8. The van der Waals surface area contributed by atoms with E-state index in [1.54, 1.807) is 7.11 Å². The lowest BCUT2D eigenvalue weighted by Gasteiger charge is -2.50. The Kier molecular flexibility index (Phi) is 4.01. The van der Waals surface area contributed by atoms with Crippen LogP contribution in [-0.4, -0.2) is 63.6 Å². The number of likely N-dealkylation sites (tertiary alicyclic amines) is 1. The summed E-state index contributed by atoms with van der Waals surface area (Å²) < 4.78 is 44.7. The SMILES string of the molecule is COC[C@@H]1CN(C)C2(C1)CN(S(=O)(=O)c1ccc(F)cc1)C2. The van der Waals surface area contributed by atoms with Crippen LogP contribution in [0.4, 0.5) is 4.39 Å². The van der Waals surface area contributed by atoms with Crippen molar-refractivity contribution < 1.29 is 17.5 Å². The van der Waals surface area contributed by atoms with Gasteiger partial charge in [-0.1, -0.05) is 0 Å². The van der Waals surface area contributed by atoms with Gasteiger partial charge in [-0.2, -0.15) is 4.31 Å². The molecule has 2 heterocycles. The summed E-state index contributed by atoms with van der Waals surface area (Å²) in [6.07, 6.45) is 0.951. The number of benzene rings is 1. The van der Waals surface area contributed by atoms with Crippen LogP contribution in [0.1, 0.15) is 6.42 Å². The quantitative estimate of drug-likeness (QED) is 0.832. The largest absolute Gasteiger partial charge is 0.384 e. The maximum atomic E-state index is 13.0. The van der Waals surface area contributed by atoms with Crippen LogP contribution in [0, 0.1) is 11.7 Å². The van der Waals surface area contributed by atoms with E-state index in [-0.39, 0.29) is 10.4 Å². The molecule has 0 saturated carbocycles. The number of rotatable bonds is 4. The van der Waals surface area contributed by atoms with Gasteiger partial charge in [0.05, 0.1) is 11.5 Å². The van der Waals surface area contributed by atoms with Gasteiger partial charge in [-0.15, -0.1) is 0 Å². The van der Waals surface area contributed by atoms with Crippen molar-refractivity contribution in [1.29, 1.82) is 0 Å². The summed E-state index contributed by atoms with van der Waals surface area (Å²) in [5.74, 6) is 0.0163. The molecule has 0 bridgehead atoms. The van der Waals surface area contributed by atoms with Gasteiger partial charge in [0.15, 0.2) is 0 Å². The van der Waals surface area contributed by atoms with Crippen molar-refractivity contribution in [2.75, 3.05) is 40.4 Å². The normalized spacial score (nSPS) is 25.5. The summed E-state index contributed by atoms with van der Waals surface area (Å²) in [5.41, 5.74) is -0.0731. The molecule has 2 aliphatic heterocycles. The van der Waals surface area contributed by atoms with E-state index in [1.807, 2.05) is 7.05 Å². The molecule has 2 aliphatic rings. The van der Waals surface area contributed by atoms with E-state index >= 15 is 0 Å². The van der Waals surface area contributed by atoms with Crippen molar-refractivity contribution in [1.82, 2.24) is 9.21 Å². The molecule has 122 valence electrons. The van der Waals surface area contributed by atoms with Crippen LogP contribution in [0.5, 0.6) is 0 Å². The molecule has 0 N–H and O–H groups in total. The van der Waals surface area contributed by atoms with Crippen molar-refractivity contribution in [3.8, 4) is 0 Å². The van der Waals surface area contributed by atoms with Gasteiger partial charge < -0.3 is 4.74 Å². The molecule has 2 saturated heterocycles.